The Hall–Kier alpha value is -0.116. The fourth-order valence-corrected chi connectivity index (χ4v) is 0.540. The quantitative estimate of drug-likeness (QED) is 0.626. The molecule has 0 heterocycles. The predicted octanol–water partition coefficient (Wildman–Crippen LogP) is 3.53. The van der Waals surface area contributed by atoms with Gasteiger partial charge in [0, 0.05) is 32.7 Å². The molecule has 0 amide bonds. The molecule has 0 rings (SSSR count). The summed E-state index contributed by atoms with van der Waals surface area (Å²) in [4.78, 5) is 0. The van der Waals surface area contributed by atoms with Crippen molar-refractivity contribution in [2.24, 2.45) is 0 Å². The fraction of sp³-hybridized carbons (Fsp3) is 0.455. The van der Waals surface area contributed by atoms with Crippen LogP contribution in [0.2, 0.25) is 0 Å². The van der Waals surface area contributed by atoms with Crippen LogP contribution in [-0.4, -0.2) is 26.2 Å². The van der Waals surface area contributed by atoms with Crippen LogP contribution in [-0.2, 0) is 32.7 Å². The van der Waals surface area contributed by atoms with Gasteiger partial charge in [-0.2, -0.15) is 14.1 Å². The molecule has 1 radical (unpaired) electrons. The maximum atomic E-state index is 9.22. The Labute approximate surface area is 119 Å². The minimum absolute atomic E-state index is 0. The van der Waals surface area contributed by atoms with Gasteiger partial charge in [0.1, 0.15) is 5.76 Å². The summed E-state index contributed by atoms with van der Waals surface area (Å²) in [6.45, 7) is 7.20. The van der Waals surface area contributed by atoms with E-state index in [4.69, 9.17) is 0 Å². The number of hydrogen-bond donors (Lipinski definition) is 1. The van der Waals surface area contributed by atoms with E-state index in [0.717, 1.165) is 5.70 Å². The van der Waals surface area contributed by atoms with Crippen molar-refractivity contribution in [3.63, 3.8) is 0 Å². The van der Waals surface area contributed by atoms with Crippen molar-refractivity contribution in [3.8, 4) is 0 Å². The number of aliphatic hydroxyl groups is 1. The normalized spacial score (nSPS) is 10.7. The summed E-state index contributed by atoms with van der Waals surface area (Å²) in [6, 6.07) is 0. The van der Waals surface area contributed by atoms with Gasteiger partial charge in [-0.1, -0.05) is 6.58 Å². The molecule has 4 heteroatoms. The first kappa shape index (κ1) is 20.3. The van der Waals surface area contributed by atoms with Gasteiger partial charge in [0.2, 0.25) is 0 Å². The topological polar surface area (TPSA) is 48.4 Å². The van der Waals surface area contributed by atoms with E-state index in [2.05, 4.69) is 17.2 Å². The van der Waals surface area contributed by atoms with Gasteiger partial charge in [-0.15, -0.1) is 18.8 Å². The van der Waals surface area contributed by atoms with Gasteiger partial charge in [-0.05, 0) is 25.5 Å². The van der Waals surface area contributed by atoms with Gasteiger partial charge >= 0.3 is 0 Å². The van der Waals surface area contributed by atoms with Crippen molar-refractivity contribution in [3.05, 3.63) is 46.4 Å². The summed E-state index contributed by atoms with van der Waals surface area (Å²) >= 11 is 0. The van der Waals surface area contributed by atoms with E-state index in [0.29, 0.717) is 5.57 Å². The Morgan fingerprint density at radius 1 is 1.27 bits per heavy atom. The third kappa shape index (κ3) is 13.9. The summed E-state index contributed by atoms with van der Waals surface area (Å²) in [6.07, 6.45) is 3.40. The van der Waals surface area contributed by atoms with Crippen molar-refractivity contribution < 1.29 is 37.8 Å². The first-order chi connectivity index (χ1) is 6.53. The van der Waals surface area contributed by atoms with Gasteiger partial charge < -0.3 is 15.7 Å². The third-order valence-corrected chi connectivity index (χ3v) is 1.28. The second-order valence-electron chi connectivity index (χ2n) is 2.69. The molecule has 15 heavy (non-hydrogen) atoms. The Morgan fingerprint density at radius 3 is 1.87 bits per heavy atom. The molecule has 0 saturated carbocycles. The van der Waals surface area contributed by atoms with E-state index in [9.17, 15) is 5.11 Å². The summed E-state index contributed by atoms with van der Waals surface area (Å²) in [5.74, 6) is 0.184. The third-order valence-electron chi connectivity index (χ3n) is 1.28. The van der Waals surface area contributed by atoms with Crippen LogP contribution in [0.4, 0.5) is 0 Å². The molecular formula is C11H20N2OY-2. The average molecular weight is 285 g/mol. The second kappa shape index (κ2) is 13.9. The molecule has 0 unspecified atom stereocenters. The molecule has 0 atom stereocenters. The predicted molar refractivity (Wildman–Crippen MR) is 63.8 cm³/mol. The molecule has 0 saturated heterocycles. The van der Waals surface area contributed by atoms with Crippen molar-refractivity contribution in [1.82, 2.24) is 0 Å². The maximum Gasteiger partial charge on any atom is 0.116 e. The zero-order valence-corrected chi connectivity index (χ0v) is 13.1. The van der Waals surface area contributed by atoms with Crippen LogP contribution in [0.15, 0.2) is 35.8 Å². The van der Waals surface area contributed by atoms with Crippen LogP contribution < -0.4 is 0 Å². The van der Waals surface area contributed by atoms with E-state index < -0.39 is 0 Å². The smallest absolute Gasteiger partial charge is 0.116 e. The van der Waals surface area contributed by atoms with Crippen molar-refractivity contribution in [2.75, 3.05) is 21.1 Å². The second-order valence-corrected chi connectivity index (χ2v) is 2.69. The van der Waals surface area contributed by atoms with Crippen LogP contribution in [0.1, 0.15) is 13.8 Å². The fourth-order valence-electron chi connectivity index (χ4n) is 0.540. The summed E-state index contributed by atoms with van der Waals surface area (Å²) in [5.41, 5.74) is 1.40. The molecule has 0 spiro atoms. The van der Waals surface area contributed by atoms with Crippen molar-refractivity contribution in [1.29, 1.82) is 0 Å². The monoisotopic (exact) mass is 285 g/mol. The Balaban J connectivity index is -0.000000320. The number of hydrogen-bond acceptors (Lipinski definition) is 1. The molecule has 0 aromatic carbocycles. The zero-order valence-electron chi connectivity index (χ0n) is 10.3. The first-order valence-electron chi connectivity index (χ1n) is 4.34. The molecule has 0 aliphatic rings. The molecule has 0 aromatic rings. The molecule has 0 aliphatic carbocycles. The number of allylic oxidation sites excluding steroid dienone is 3. The molecule has 3 nitrogen and oxygen atoms in total. The van der Waals surface area contributed by atoms with E-state index in [1.54, 1.807) is 34.1 Å². The molecule has 0 aliphatic heterocycles. The summed E-state index contributed by atoms with van der Waals surface area (Å²) in [7, 11) is 5.18. The number of nitrogens with zero attached hydrogens (tertiary/aromatic N) is 2. The summed E-state index contributed by atoms with van der Waals surface area (Å²) < 4.78 is 0. The number of rotatable bonds is 3. The van der Waals surface area contributed by atoms with E-state index in [-0.39, 0.29) is 38.5 Å². The standard InChI is InChI=1S/C9H14NO.C2H6N.Y/c1-5-8(10-4)6-9(11)7(2)3;1-3-2;/h5-6,11H,2H2,1,3-4H3;1-2H3;/q2*-1;/b8-5+,9-6+;;. The van der Waals surface area contributed by atoms with Crippen molar-refractivity contribution in [2.45, 2.75) is 13.8 Å². The van der Waals surface area contributed by atoms with Crippen LogP contribution in [0, 0.1) is 0 Å². The molecule has 85 valence electrons. The largest absolute Gasteiger partial charge is 0.687 e. The van der Waals surface area contributed by atoms with E-state index in [1.807, 2.05) is 13.0 Å². The maximum absolute atomic E-state index is 9.22. The van der Waals surface area contributed by atoms with Crippen molar-refractivity contribution >= 4 is 0 Å². The van der Waals surface area contributed by atoms with Gasteiger partial charge in [0.25, 0.3) is 0 Å². The Bertz CT molecular complexity index is 223. The Kier molecular flexibility index (Phi) is 18.8. The number of aliphatic hydroxyl groups excluding tert-OH is 1. The molecular weight excluding hydrogens is 265 g/mol. The van der Waals surface area contributed by atoms with Gasteiger partial charge in [0.05, 0.1) is 0 Å². The number of likely N-dealkylation sites (N-methyl/N-ethyl adjacent to an activating group) is 1. The first-order valence-corrected chi connectivity index (χ1v) is 4.34. The van der Waals surface area contributed by atoms with Crippen LogP contribution >= 0.6 is 0 Å². The summed E-state index contributed by atoms with van der Waals surface area (Å²) in [5, 5.41) is 16.6. The van der Waals surface area contributed by atoms with Crippen LogP contribution in [0.3, 0.4) is 0 Å². The van der Waals surface area contributed by atoms with Crippen LogP contribution in [0.25, 0.3) is 10.6 Å². The van der Waals surface area contributed by atoms with Gasteiger partial charge in [0.15, 0.2) is 0 Å². The SMILES string of the molecule is C=C(C)/C(O)=C\C(=C/C)[N-]C.C[N-]C.[Y]. The zero-order chi connectivity index (χ0) is 11.6. The van der Waals surface area contributed by atoms with Gasteiger partial charge in [-0.25, -0.2) is 0 Å². The molecule has 1 N–H and O–H groups in total. The molecule has 0 aromatic heterocycles. The molecule has 0 bridgehead atoms. The minimum Gasteiger partial charge on any atom is -0.687 e. The minimum atomic E-state index is 0. The average Bonchev–Trinajstić information content (AvgIpc) is 2.14. The Morgan fingerprint density at radius 2 is 1.67 bits per heavy atom. The van der Waals surface area contributed by atoms with E-state index >= 15 is 0 Å². The molecule has 0 fully saturated rings. The van der Waals surface area contributed by atoms with Gasteiger partial charge in [-0.3, -0.25) is 0 Å². The van der Waals surface area contributed by atoms with E-state index in [1.165, 1.54) is 0 Å². The van der Waals surface area contributed by atoms with Crippen LogP contribution in [0.5, 0.6) is 0 Å².